The number of alkyl halides is 3. The predicted molar refractivity (Wildman–Crippen MR) is 113 cm³/mol. The first-order valence-electron chi connectivity index (χ1n) is 10.0. The SMILES string of the molecule is O=C(Nc1nc2ccc(Oc3cc(C(F)(F)F)ccn3)cc2s1)[C@@H]1C2C=CC(C2)[C@@H]1C(=O)O. The standard InChI is InChI=1S/C22H16F3N3O4S/c23-22(24,25)12-5-6-26-16(8-12)32-13-3-4-14-15(9-13)33-21(27-14)28-19(29)17-10-1-2-11(7-10)18(17)20(30)31/h1-6,8-11,17-18H,7H2,(H,30,31)(H,27,28,29)/t10?,11?,17-,18+/m1/s1. The molecule has 0 saturated heterocycles. The van der Waals surface area contributed by atoms with E-state index in [0.717, 1.165) is 29.7 Å². The van der Waals surface area contributed by atoms with Gasteiger partial charge in [-0.05, 0) is 36.5 Å². The van der Waals surface area contributed by atoms with Gasteiger partial charge in [0, 0.05) is 18.3 Å². The summed E-state index contributed by atoms with van der Waals surface area (Å²) in [6, 6.07) is 6.41. The molecule has 2 aliphatic rings. The fraction of sp³-hybridized carbons (Fsp3) is 0.273. The summed E-state index contributed by atoms with van der Waals surface area (Å²) in [5.41, 5.74) is -0.311. The zero-order valence-electron chi connectivity index (χ0n) is 16.7. The minimum absolute atomic E-state index is 0.106. The summed E-state index contributed by atoms with van der Waals surface area (Å²) in [5.74, 6) is -2.96. The second kappa shape index (κ2) is 7.84. The van der Waals surface area contributed by atoms with Gasteiger partial charge in [-0.15, -0.1) is 0 Å². The van der Waals surface area contributed by atoms with E-state index in [2.05, 4.69) is 15.3 Å². The van der Waals surface area contributed by atoms with Gasteiger partial charge in [0.1, 0.15) is 5.75 Å². The van der Waals surface area contributed by atoms with Crippen molar-refractivity contribution in [1.29, 1.82) is 0 Å². The molecule has 0 radical (unpaired) electrons. The number of carboxylic acids is 1. The highest BCUT2D eigenvalue weighted by atomic mass is 32.1. The van der Waals surface area contributed by atoms with Gasteiger partial charge in [0.05, 0.1) is 27.6 Å². The third-order valence-electron chi connectivity index (χ3n) is 5.92. The molecule has 2 aromatic heterocycles. The Labute approximate surface area is 188 Å². The molecule has 4 atom stereocenters. The Hall–Kier alpha value is -3.47. The molecule has 5 rings (SSSR count). The molecule has 3 aromatic rings. The monoisotopic (exact) mass is 475 g/mol. The summed E-state index contributed by atoms with van der Waals surface area (Å²) >= 11 is 1.16. The van der Waals surface area contributed by atoms with Crippen molar-refractivity contribution in [2.75, 3.05) is 5.32 Å². The van der Waals surface area contributed by atoms with E-state index in [9.17, 15) is 27.9 Å². The van der Waals surface area contributed by atoms with Crippen LogP contribution in [0.5, 0.6) is 11.6 Å². The van der Waals surface area contributed by atoms with Gasteiger partial charge in [0.25, 0.3) is 0 Å². The number of carbonyl (C=O) groups is 2. The average molecular weight is 475 g/mol. The van der Waals surface area contributed by atoms with Gasteiger partial charge < -0.3 is 15.2 Å². The Kier molecular flexibility index (Phi) is 5.08. The third kappa shape index (κ3) is 4.04. The van der Waals surface area contributed by atoms with Crippen molar-refractivity contribution in [1.82, 2.24) is 9.97 Å². The van der Waals surface area contributed by atoms with Crippen LogP contribution in [0.2, 0.25) is 0 Å². The Balaban J connectivity index is 1.33. The van der Waals surface area contributed by atoms with Crippen LogP contribution in [-0.4, -0.2) is 27.0 Å². The molecule has 1 aromatic carbocycles. The van der Waals surface area contributed by atoms with Crippen LogP contribution >= 0.6 is 11.3 Å². The van der Waals surface area contributed by atoms with Crippen LogP contribution in [0.25, 0.3) is 10.2 Å². The molecule has 11 heteroatoms. The number of allylic oxidation sites excluding steroid dienone is 2. The van der Waals surface area contributed by atoms with Gasteiger partial charge in [-0.2, -0.15) is 13.2 Å². The highest BCUT2D eigenvalue weighted by molar-refractivity contribution is 7.22. The largest absolute Gasteiger partial charge is 0.481 e. The third-order valence-corrected chi connectivity index (χ3v) is 6.86. The van der Waals surface area contributed by atoms with Gasteiger partial charge in [-0.3, -0.25) is 9.59 Å². The molecule has 2 aliphatic carbocycles. The number of anilines is 1. The quantitative estimate of drug-likeness (QED) is 0.506. The summed E-state index contributed by atoms with van der Waals surface area (Å²) in [4.78, 5) is 32.7. The molecule has 2 N–H and O–H groups in total. The van der Waals surface area contributed by atoms with Gasteiger partial charge in [0.15, 0.2) is 5.13 Å². The van der Waals surface area contributed by atoms with E-state index < -0.39 is 29.5 Å². The number of halogens is 3. The van der Waals surface area contributed by atoms with Crippen LogP contribution in [0.1, 0.15) is 12.0 Å². The zero-order valence-corrected chi connectivity index (χ0v) is 17.6. The summed E-state index contributed by atoms with van der Waals surface area (Å²) < 4.78 is 44.8. The molecule has 2 bridgehead atoms. The normalized spacial score (nSPS) is 23.7. The lowest BCUT2D eigenvalue weighted by molar-refractivity contribution is -0.146. The van der Waals surface area contributed by atoms with E-state index in [-0.39, 0.29) is 29.4 Å². The van der Waals surface area contributed by atoms with Crippen LogP contribution in [0, 0.1) is 23.7 Å². The number of benzene rings is 1. The number of carbonyl (C=O) groups excluding carboxylic acids is 1. The topological polar surface area (TPSA) is 101 Å². The maximum Gasteiger partial charge on any atom is 0.416 e. The fourth-order valence-corrected chi connectivity index (χ4v) is 5.39. The first-order chi connectivity index (χ1) is 15.7. The Bertz CT molecular complexity index is 1290. The number of nitrogens with one attached hydrogen (secondary N) is 1. The molecule has 170 valence electrons. The second-order valence-electron chi connectivity index (χ2n) is 7.96. The number of hydrogen-bond donors (Lipinski definition) is 2. The number of thiazole rings is 1. The number of aliphatic carboxylic acids is 1. The molecule has 1 fully saturated rings. The number of amides is 1. The van der Waals surface area contributed by atoms with E-state index in [1.165, 1.54) is 6.07 Å². The van der Waals surface area contributed by atoms with Crippen LogP contribution in [-0.2, 0) is 15.8 Å². The number of fused-ring (bicyclic) bond motifs is 3. The van der Waals surface area contributed by atoms with Gasteiger partial charge in [-0.1, -0.05) is 23.5 Å². The van der Waals surface area contributed by atoms with E-state index >= 15 is 0 Å². The van der Waals surface area contributed by atoms with Crippen LogP contribution in [0.15, 0.2) is 48.7 Å². The van der Waals surface area contributed by atoms with Gasteiger partial charge in [-0.25, -0.2) is 9.97 Å². The second-order valence-corrected chi connectivity index (χ2v) is 8.99. The van der Waals surface area contributed by atoms with Crippen LogP contribution < -0.4 is 10.1 Å². The summed E-state index contributed by atoms with van der Waals surface area (Å²) in [6.45, 7) is 0. The number of hydrogen-bond acceptors (Lipinski definition) is 6. The highest BCUT2D eigenvalue weighted by Crippen LogP contribution is 2.48. The number of aromatic nitrogens is 2. The molecule has 0 spiro atoms. The molecule has 7 nitrogen and oxygen atoms in total. The molecule has 33 heavy (non-hydrogen) atoms. The fourth-order valence-electron chi connectivity index (χ4n) is 4.49. The van der Waals surface area contributed by atoms with Gasteiger partial charge >= 0.3 is 12.1 Å². The van der Waals surface area contributed by atoms with Gasteiger partial charge in [0.2, 0.25) is 11.8 Å². The molecule has 2 unspecified atom stereocenters. The Morgan fingerprint density at radius 2 is 1.88 bits per heavy atom. The molecule has 0 aliphatic heterocycles. The summed E-state index contributed by atoms with van der Waals surface area (Å²) in [5, 5.41) is 12.6. The van der Waals surface area contributed by atoms with Crippen molar-refractivity contribution < 1.29 is 32.6 Å². The minimum Gasteiger partial charge on any atom is -0.481 e. The average Bonchev–Trinajstić information content (AvgIpc) is 3.46. The first-order valence-corrected chi connectivity index (χ1v) is 10.8. The lowest BCUT2D eigenvalue weighted by atomic mass is 9.82. The maximum atomic E-state index is 12.9. The zero-order chi connectivity index (χ0) is 23.3. The minimum atomic E-state index is -4.51. The Morgan fingerprint density at radius 3 is 2.61 bits per heavy atom. The number of rotatable bonds is 5. The van der Waals surface area contributed by atoms with E-state index in [4.69, 9.17) is 4.74 Å². The molecule has 1 amide bonds. The molecular formula is C22H16F3N3O4S. The summed E-state index contributed by atoms with van der Waals surface area (Å²) in [6.07, 6.45) is 0.930. The van der Waals surface area contributed by atoms with Crippen LogP contribution in [0.4, 0.5) is 18.3 Å². The molecule has 1 saturated carbocycles. The van der Waals surface area contributed by atoms with E-state index in [1.54, 1.807) is 12.1 Å². The van der Waals surface area contributed by atoms with E-state index in [0.29, 0.717) is 21.8 Å². The number of pyridine rings is 1. The number of ether oxygens (including phenoxy) is 1. The van der Waals surface area contributed by atoms with Crippen molar-refractivity contribution in [3.8, 4) is 11.6 Å². The molecule has 2 heterocycles. The van der Waals surface area contributed by atoms with Crippen molar-refractivity contribution in [3.05, 3.63) is 54.2 Å². The predicted octanol–water partition coefficient (Wildman–Crippen LogP) is 4.96. The van der Waals surface area contributed by atoms with Crippen molar-refractivity contribution in [2.45, 2.75) is 12.6 Å². The van der Waals surface area contributed by atoms with Crippen LogP contribution in [0.3, 0.4) is 0 Å². The maximum absolute atomic E-state index is 12.9. The summed E-state index contributed by atoms with van der Waals surface area (Å²) in [7, 11) is 0. The van der Waals surface area contributed by atoms with Crippen molar-refractivity contribution in [3.63, 3.8) is 0 Å². The number of nitrogens with zero attached hydrogens (tertiary/aromatic N) is 2. The lowest BCUT2D eigenvalue weighted by Gasteiger charge is -2.23. The Morgan fingerprint density at radius 1 is 1.12 bits per heavy atom. The number of carboxylic acid groups (broad SMARTS) is 1. The smallest absolute Gasteiger partial charge is 0.416 e. The highest BCUT2D eigenvalue weighted by Gasteiger charge is 2.51. The lowest BCUT2D eigenvalue weighted by Crippen LogP contribution is -2.36. The molecular weight excluding hydrogens is 459 g/mol. The van der Waals surface area contributed by atoms with Crippen molar-refractivity contribution >= 4 is 38.6 Å². The first kappa shape index (κ1) is 21.4. The van der Waals surface area contributed by atoms with Crippen molar-refractivity contribution in [2.24, 2.45) is 23.7 Å². The van der Waals surface area contributed by atoms with E-state index in [1.807, 2.05) is 12.2 Å².